The Kier molecular flexibility index (Phi) is 5.90. The van der Waals surface area contributed by atoms with Crippen molar-refractivity contribution < 1.29 is 14.3 Å². The van der Waals surface area contributed by atoms with E-state index in [4.69, 9.17) is 4.74 Å². The summed E-state index contributed by atoms with van der Waals surface area (Å²) >= 11 is 1.37. The predicted octanol–water partition coefficient (Wildman–Crippen LogP) is 3.44. The Bertz CT molecular complexity index is 1200. The molecule has 2 aromatic carbocycles. The highest BCUT2D eigenvalue weighted by Crippen LogP contribution is 2.33. The monoisotopic (exact) mass is 463 g/mol. The zero-order valence-electron chi connectivity index (χ0n) is 18.6. The van der Waals surface area contributed by atoms with E-state index in [9.17, 15) is 9.59 Å². The number of nitrogens with zero attached hydrogens (tertiary/aromatic N) is 4. The minimum atomic E-state index is -0.249. The summed E-state index contributed by atoms with van der Waals surface area (Å²) < 4.78 is 7.50. The van der Waals surface area contributed by atoms with Crippen molar-refractivity contribution in [2.75, 3.05) is 42.3 Å². The van der Waals surface area contributed by atoms with Gasteiger partial charge in [0.25, 0.3) is 0 Å². The molecule has 1 atom stereocenters. The molecule has 9 heteroatoms. The molecule has 2 aliphatic heterocycles. The molecule has 2 aliphatic rings. The number of ketones is 1. The smallest absolute Gasteiger partial charge is 0.232 e. The maximum atomic E-state index is 13.0. The predicted molar refractivity (Wildman–Crippen MR) is 128 cm³/mol. The van der Waals surface area contributed by atoms with E-state index < -0.39 is 0 Å². The van der Waals surface area contributed by atoms with Crippen molar-refractivity contribution in [3.05, 3.63) is 59.2 Å². The SMILES string of the molecule is Cc1ccc(-n2c(SCC(=O)c3ccc4c(c3)[C@H](C)C(=O)N4)nnc2N2CCOCC2)cc1. The highest BCUT2D eigenvalue weighted by Gasteiger charge is 2.27. The number of carbonyl (C=O) groups excluding carboxylic acids is 2. The highest BCUT2D eigenvalue weighted by molar-refractivity contribution is 7.99. The van der Waals surface area contributed by atoms with E-state index in [1.54, 1.807) is 12.1 Å². The lowest BCUT2D eigenvalue weighted by molar-refractivity contribution is -0.116. The van der Waals surface area contributed by atoms with Crippen LogP contribution in [-0.2, 0) is 9.53 Å². The fourth-order valence-corrected chi connectivity index (χ4v) is 4.89. The summed E-state index contributed by atoms with van der Waals surface area (Å²) in [5.41, 5.74) is 4.37. The Labute approximate surface area is 196 Å². The number of hydrogen-bond acceptors (Lipinski definition) is 7. The third-order valence-corrected chi connectivity index (χ3v) is 6.95. The van der Waals surface area contributed by atoms with Crippen molar-refractivity contribution in [3.63, 3.8) is 0 Å². The third kappa shape index (κ3) is 4.26. The number of rotatable bonds is 6. The minimum absolute atomic E-state index is 0.0132. The molecule has 0 saturated carbocycles. The second-order valence-electron chi connectivity index (χ2n) is 8.28. The van der Waals surface area contributed by atoms with Gasteiger partial charge >= 0.3 is 0 Å². The molecule has 5 rings (SSSR count). The number of morpholine rings is 1. The number of thioether (sulfide) groups is 1. The van der Waals surface area contributed by atoms with Gasteiger partial charge in [-0.15, -0.1) is 10.2 Å². The number of benzene rings is 2. The van der Waals surface area contributed by atoms with Crippen molar-refractivity contribution in [1.29, 1.82) is 0 Å². The summed E-state index contributed by atoms with van der Waals surface area (Å²) in [7, 11) is 0. The van der Waals surface area contributed by atoms with Crippen LogP contribution < -0.4 is 10.2 Å². The van der Waals surface area contributed by atoms with Gasteiger partial charge in [-0.1, -0.05) is 29.5 Å². The van der Waals surface area contributed by atoms with Crippen LogP contribution in [0.15, 0.2) is 47.6 Å². The molecular weight excluding hydrogens is 438 g/mol. The Morgan fingerprint density at radius 1 is 1.15 bits per heavy atom. The van der Waals surface area contributed by atoms with Gasteiger partial charge in [0, 0.05) is 24.3 Å². The van der Waals surface area contributed by atoms with Crippen LogP contribution in [0.1, 0.15) is 34.3 Å². The van der Waals surface area contributed by atoms with Crippen LogP contribution in [0, 0.1) is 6.92 Å². The van der Waals surface area contributed by atoms with Crippen LogP contribution in [0.4, 0.5) is 11.6 Å². The first-order valence-corrected chi connectivity index (χ1v) is 12.0. The number of anilines is 2. The average Bonchev–Trinajstić information content (AvgIpc) is 3.39. The number of Topliss-reactive ketones (excluding diaryl/α,β-unsaturated/α-hetero) is 1. The average molecular weight is 464 g/mol. The fraction of sp³-hybridized carbons (Fsp3) is 0.333. The summed E-state index contributed by atoms with van der Waals surface area (Å²) in [6.07, 6.45) is 0. The van der Waals surface area contributed by atoms with Crippen molar-refractivity contribution in [2.45, 2.75) is 24.9 Å². The topological polar surface area (TPSA) is 89.3 Å². The van der Waals surface area contributed by atoms with Gasteiger partial charge in [0.05, 0.1) is 30.6 Å². The Balaban J connectivity index is 1.39. The lowest BCUT2D eigenvalue weighted by atomic mass is 9.99. The first-order chi connectivity index (χ1) is 16.0. The number of carbonyl (C=O) groups is 2. The van der Waals surface area contributed by atoms with Crippen LogP contribution in [0.2, 0.25) is 0 Å². The molecule has 1 fully saturated rings. The molecule has 170 valence electrons. The van der Waals surface area contributed by atoms with Gasteiger partial charge in [-0.25, -0.2) is 0 Å². The van der Waals surface area contributed by atoms with E-state index in [0.29, 0.717) is 23.9 Å². The quantitative estimate of drug-likeness (QED) is 0.442. The van der Waals surface area contributed by atoms with Gasteiger partial charge in [-0.05, 0) is 49.7 Å². The molecule has 3 heterocycles. The summed E-state index contributed by atoms with van der Waals surface area (Å²) in [5, 5.41) is 12.4. The van der Waals surface area contributed by atoms with Crippen LogP contribution in [0.3, 0.4) is 0 Å². The van der Waals surface area contributed by atoms with E-state index in [0.717, 1.165) is 36.0 Å². The van der Waals surface area contributed by atoms with Crippen molar-refractivity contribution in [3.8, 4) is 5.69 Å². The molecule has 1 saturated heterocycles. The van der Waals surface area contributed by atoms with E-state index >= 15 is 0 Å². The van der Waals surface area contributed by atoms with Gasteiger partial charge in [-0.3, -0.25) is 14.2 Å². The lowest BCUT2D eigenvalue weighted by Gasteiger charge is -2.28. The summed E-state index contributed by atoms with van der Waals surface area (Å²) in [5.74, 6) is 0.683. The van der Waals surface area contributed by atoms with Gasteiger partial charge in [0.1, 0.15) is 0 Å². The molecule has 1 N–H and O–H groups in total. The maximum absolute atomic E-state index is 13.0. The number of aromatic nitrogens is 3. The number of aryl methyl sites for hydroxylation is 1. The summed E-state index contributed by atoms with van der Waals surface area (Å²) in [6, 6.07) is 13.6. The van der Waals surface area contributed by atoms with Crippen LogP contribution in [0.5, 0.6) is 0 Å². The van der Waals surface area contributed by atoms with E-state index in [-0.39, 0.29) is 23.4 Å². The molecule has 8 nitrogen and oxygen atoms in total. The minimum Gasteiger partial charge on any atom is -0.378 e. The van der Waals surface area contributed by atoms with Crippen molar-refractivity contribution >= 4 is 35.1 Å². The number of nitrogens with one attached hydrogen (secondary N) is 1. The molecular formula is C24H25N5O3S. The van der Waals surface area contributed by atoms with Gasteiger partial charge in [0.15, 0.2) is 10.9 Å². The van der Waals surface area contributed by atoms with Crippen LogP contribution in [-0.4, -0.2) is 58.5 Å². The molecule has 0 unspecified atom stereocenters. The van der Waals surface area contributed by atoms with E-state index in [1.165, 1.54) is 17.3 Å². The van der Waals surface area contributed by atoms with E-state index in [2.05, 4.69) is 32.5 Å². The standard InChI is InChI=1S/C24H25N5O3S/c1-15-3-6-18(7-4-15)29-23(28-9-11-32-12-10-28)26-27-24(29)33-14-21(30)17-5-8-20-19(13-17)16(2)22(31)25-20/h3-8,13,16H,9-12,14H2,1-2H3,(H,25,31)/t16-/m0/s1. The molecule has 0 aliphatic carbocycles. The second kappa shape index (κ2) is 8.99. The highest BCUT2D eigenvalue weighted by atomic mass is 32.2. The fourth-order valence-electron chi connectivity index (χ4n) is 4.05. The summed E-state index contributed by atoms with van der Waals surface area (Å²) in [6.45, 7) is 6.68. The maximum Gasteiger partial charge on any atom is 0.232 e. The molecule has 0 spiro atoms. The molecule has 0 radical (unpaired) electrons. The molecule has 3 aromatic rings. The number of ether oxygens (including phenoxy) is 1. The van der Waals surface area contributed by atoms with Gasteiger partial charge in [-0.2, -0.15) is 0 Å². The zero-order chi connectivity index (χ0) is 22.9. The number of amides is 1. The Morgan fingerprint density at radius 2 is 1.91 bits per heavy atom. The second-order valence-corrected chi connectivity index (χ2v) is 9.22. The molecule has 0 bridgehead atoms. The van der Waals surface area contributed by atoms with Crippen LogP contribution >= 0.6 is 11.8 Å². The van der Waals surface area contributed by atoms with Gasteiger partial charge < -0.3 is 15.0 Å². The van der Waals surface area contributed by atoms with Crippen molar-refractivity contribution in [1.82, 2.24) is 14.8 Å². The van der Waals surface area contributed by atoms with E-state index in [1.807, 2.05) is 36.6 Å². The molecule has 1 amide bonds. The molecule has 1 aromatic heterocycles. The Hall–Kier alpha value is -3.17. The first-order valence-electron chi connectivity index (χ1n) is 11.0. The molecule has 33 heavy (non-hydrogen) atoms. The zero-order valence-corrected chi connectivity index (χ0v) is 19.4. The summed E-state index contributed by atoms with van der Waals surface area (Å²) in [4.78, 5) is 27.1. The normalized spacial score (nSPS) is 17.7. The largest absolute Gasteiger partial charge is 0.378 e. The van der Waals surface area contributed by atoms with Crippen molar-refractivity contribution in [2.24, 2.45) is 0 Å². The Morgan fingerprint density at radius 3 is 2.67 bits per heavy atom. The third-order valence-electron chi connectivity index (χ3n) is 6.03. The first kappa shape index (κ1) is 21.7. The number of hydrogen-bond donors (Lipinski definition) is 1. The lowest BCUT2D eigenvalue weighted by Crippen LogP contribution is -2.37. The number of fused-ring (bicyclic) bond motifs is 1. The van der Waals surface area contributed by atoms with Gasteiger partial charge in [0.2, 0.25) is 11.9 Å². The van der Waals surface area contributed by atoms with Crippen LogP contribution in [0.25, 0.3) is 5.69 Å².